The van der Waals surface area contributed by atoms with Crippen LogP contribution in [0, 0.1) is 0 Å². The number of rotatable bonds is 3. The molecule has 2 aliphatic rings. The molecule has 0 atom stereocenters. The Kier molecular flexibility index (Phi) is 4.36. The molecule has 2 aromatic rings. The van der Waals surface area contributed by atoms with E-state index in [-0.39, 0.29) is 5.91 Å². The van der Waals surface area contributed by atoms with Crippen LogP contribution in [-0.4, -0.2) is 42.9 Å². The van der Waals surface area contributed by atoms with E-state index in [0.29, 0.717) is 26.3 Å². The quantitative estimate of drug-likeness (QED) is 0.803. The van der Waals surface area contributed by atoms with Crippen LogP contribution in [0.1, 0.15) is 31.1 Å². The molecule has 0 aliphatic carbocycles. The lowest BCUT2D eigenvalue weighted by Crippen LogP contribution is -2.46. The van der Waals surface area contributed by atoms with Crippen LogP contribution in [0.4, 0.5) is 0 Å². The molecule has 1 spiro atoms. The first kappa shape index (κ1) is 16.4. The van der Waals surface area contributed by atoms with Gasteiger partial charge in [0, 0.05) is 49.4 Å². The highest BCUT2D eigenvalue weighted by atomic mass is 16.7. The van der Waals surface area contributed by atoms with Gasteiger partial charge in [-0.1, -0.05) is 25.1 Å². The van der Waals surface area contributed by atoms with Crippen molar-refractivity contribution >= 4 is 23.0 Å². The Balaban J connectivity index is 1.48. The smallest absolute Gasteiger partial charge is 0.246 e. The number of carbonyl (C=O) groups is 1. The second-order valence-electron chi connectivity index (χ2n) is 6.55. The number of ether oxygens (including phenoxy) is 2. The third-order valence-electron chi connectivity index (χ3n) is 5.07. The molecule has 5 heteroatoms. The maximum Gasteiger partial charge on any atom is 0.246 e. The molecule has 0 radical (unpaired) electrons. The number of hydrogen-bond acceptors (Lipinski definition) is 4. The highest BCUT2D eigenvalue weighted by molar-refractivity contribution is 5.96. The molecule has 0 N–H and O–H groups in total. The Labute approximate surface area is 147 Å². The van der Waals surface area contributed by atoms with E-state index in [0.717, 1.165) is 41.6 Å². The van der Waals surface area contributed by atoms with E-state index in [9.17, 15) is 4.79 Å². The van der Waals surface area contributed by atoms with Crippen LogP contribution in [0.5, 0.6) is 0 Å². The van der Waals surface area contributed by atoms with Crippen LogP contribution in [0.15, 0.2) is 34.8 Å². The second kappa shape index (κ2) is 6.65. The molecule has 0 unspecified atom stereocenters. The molecular weight excluding hydrogens is 318 g/mol. The van der Waals surface area contributed by atoms with Gasteiger partial charge >= 0.3 is 0 Å². The molecule has 5 nitrogen and oxygen atoms in total. The first-order valence-electron chi connectivity index (χ1n) is 8.96. The average molecular weight is 341 g/mol. The number of furan rings is 1. The zero-order valence-electron chi connectivity index (χ0n) is 14.5. The van der Waals surface area contributed by atoms with Crippen molar-refractivity contribution in [3.8, 4) is 0 Å². The van der Waals surface area contributed by atoms with Gasteiger partial charge in [0.15, 0.2) is 5.79 Å². The van der Waals surface area contributed by atoms with E-state index >= 15 is 0 Å². The second-order valence-corrected chi connectivity index (χ2v) is 6.55. The number of likely N-dealkylation sites (tertiary alicyclic amines) is 1. The van der Waals surface area contributed by atoms with Gasteiger partial charge in [-0.15, -0.1) is 0 Å². The summed E-state index contributed by atoms with van der Waals surface area (Å²) in [7, 11) is 0. The van der Waals surface area contributed by atoms with E-state index in [1.807, 2.05) is 35.2 Å². The van der Waals surface area contributed by atoms with Crippen molar-refractivity contribution in [1.82, 2.24) is 4.90 Å². The zero-order chi connectivity index (χ0) is 17.3. The Morgan fingerprint density at radius 1 is 1.20 bits per heavy atom. The van der Waals surface area contributed by atoms with E-state index < -0.39 is 5.79 Å². The number of fused-ring (bicyclic) bond motifs is 1. The maximum atomic E-state index is 12.6. The first-order chi connectivity index (χ1) is 12.2. The number of carbonyl (C=O) groups excluding carboxylic acids is 1. The summed E-state index contributed by atoms with van der Waals surface area (Å²) >= 11 is 0. The van der Waals surface area contributed by atoms with Gasteiger partial charge in [0.1, 0.15) is 11.3 Å². The van der Waals surface area contributed by atoms with Gasteiger partial charge < -0.3 is 18.8 Å². The maximum absolute atomic E-state index is 12.6. The van der Waals surface area contributed by atoms with Gasteiger partial charge in [0.2, 0.25) is 5.91 Å². The van der Waals surface area contributed by atoms with Crippen LogP contribution >= 0.6 is 0 Å². The lowest BCUT2D eigenvalue weighted by Gasteiger charge is -2.37. The van der Waals surface area contributed by atoms with Crippen molar-refractivity contribution in [2.45, 2.75) is 32.0 Å². The van der Waals surface area contributed by atoms with Crippen molar-refractivity contribution < 1.29 is 18.7 Å². The summed E-state index contributed by atoms with van der Waals surface area (Å²) in [5.41, 5.74) is 1.87. The minimum atomic E-state index is -0.448. The Morgan fingerprint density at radius 3 is 2.64 bits per heavy atom. The number of aryl methyl sites for hydroxylation is 1. The molecule has 0 saturated carbocycles. The monoisotopic (exact) mass is 341 g/mol. The predicted octanol–water partition coefficient (Wildman–Crippen LogP) is 3.37. The van der Waals surface area contributed by atoms with E-state index in [1.165, 1.54) is 0 Å². The van der Waals surface area contributed by atoms with Gasteiger partial charge in [-0.2, -0.15) is 0 Å². The van der Waals surface area contributed by atoms with Crippen molar-refractivity contribution in [3.05, 3.63) is 41.7 Å². The molecule has 25 heavy (non-hydrogen) atoms. The molecule has 4 rings (SSSR count). The highest BCUT2D eigenvalue weighted by Crippen LogP contribution is 2.31. The molecule has 0 bridgehead atoms. The fourth-order valence-corrected chi connectivity index (χ4v) is 3.67. The summed E-state index contributed by atoms with van der Waals surface area (Å²) in [6.45, 7) is 4.69. The molecular formula is C20H23NO4. The summed E-state index contributed by atoms with van der Waals surface area (Å²) in [5.74, 6) is 0.493. The average Bonchev–Trinajstić information content (AvgIpc) is 3.24. The number of piperidine rings is 1. The fourth-order valence-electron chi connectivity index (χ4n) is 3.67. The van der Waals surface area contributed by atoms with Crippen molar-refractivity contribution in [1.29, 1.82) is 0 Å². The van der Waals surface area contributed by atoms with E-state index in [1.54, 1.807) is 6.08 Å². The number of nitrogens with zero attached hydrogens (tertiary/aromatic N) is 1. The number of amides is 1. The molecule has 1 aromatic heterocycles. The third kappa shape index (κ3) is 3.10. The third-order valence-corrected chi connectivity index (χ3v) is 5.07. The topological polar surface area (TPSA) is 51.9 Å². The van der Waals surface area contributed by atoms with Crippen LogP contribution in [0.3, 0.4) is 0 Å². The van der Waals surface area contributed by atoms with Gasteiger partial charge in [0.25, 0.3) is 0 Å². The molecule has 2 saturated heterocycles. The lowest BCUT2D eigenvalue weighted by atomic mass is 10.0. The Bertz CT molecular complexity index is 791. The summed E-state index contributed by atoms with van der Waals surface area (Å²) < 4.78 is 17.3. The van der Waals surface area contributed by atoms with Crippen LogP contribution in [0.2, 0.25) is 0 Å². The molecule has 1 aromatic carbocycles. The predicted molar refractivity (Wildman–Crippen MR) is 95.1 cm³/mol. The summed E-state index contributed by atoms with van der Waals surface area (Å²) in [6.07, 6.45) is 5.82. The zero-order valence-corrected chi connectivity index (χ0v) is 14.5. The van der Waals surface area contributed by atoms with Gasteiger partial charge in [-0.05, 0) is 12.1 Å². The van der Waals surface area contributed by atoms with Gasteiger partial charge in [-0.25, -0.2) is 0 Å². The lowest BCUT2D eigenvalue weighted by molar-refractivity contribution is -0.186. The molecule has 3 heterocycles. The molecule has 2 fully saturated rings. The van der Waals surface area contributed by atoms with E-state index in [2.05, 4.69) is 6.92 Å². The van der Waals surface area contributed by atoms with Gasteiger partial charge in [0.05, 0.1) is 13.2 Å². The van der Waals surface area contributed by atoms with Crippen molar-refractivity contribution in [3.63, 3.8) is 0 Å². The molecule has 132 valence electrons. The minimum absolute atomic E-state index is 0.0279. The summed E-state index contributed by atoms with van der Waals surface area (Å²) in [5, 5.41) is 1.05. The fraction of sp³-hybridized carbons (Fsp3) is 0.450. The summed E-state index contributed by atoms with van der Waals surface area (Å²) in [4.78, 5) is 14.4. The molecule has 1 amide bonds. The van der Waals surface area contributed by atoms with Crippen molar-refractivity contribution in [2.24, 2.45) is 0 Å². The molecule has 2 aliphatic heterocycles. The first-order valence-corrected chi connectivity index (χ1v) is 8.96. The van der Waals surface area contributed by atoms with Crippen LogP contribution < -0.4 is 0 Å². The number of benzene rings is 1. The number of hydrogen-bond donors (Lipinski definition) is 0. The van der Waals surface area contributed by atoms with E-state index in [4.69, 9.17) is 13.9 Å². The highest BCUT2D eigenvalue weighted by Gasteiger charge is 2.40. The minimum Gasteiger partial charge on any atom is -0.460 e. The Hall–Kier alpha value is -2.11. The summed E-state index contributed by atoms with van der Waals surface area (Å²) in [6, 6.07) is 7.93. The SMILES string of the molecule is CCc1oc2ccccc2c1/C=C/C(=O)N1CCC2(CC1)OCCO2. The van der Waals surface area contributed by atoms with Gasteiger partial charge in [-0.3, -0.25) is 4.79 Å². The van der Waals surface area contributed by atoms with Crippen molar-refractivity contribution in [2.75, 3.05) is 26.3 Å². The number of para-hydroxylation sites is 1. The standard InChI is InChI=1S/C20H23NO4/c1-2-17-16(15-5-3-4-6-18(15)25-17)7-8-19(22)21-11-9-20(10-12-21)23-13-14-24-20/h3-8H,2,9-14H2,1H3/b8-7+. The Morgan fingerprint density at radius 2 is 1.92 bits per heavy atom. The van der Waals surface area contributed by atoms with Crippen LogP contribution in [-0.2, 0) is 20.7 Å². The van der Waals surface area contributed by atoms with Crippen LogP contribution in [0.25, 0.3) is 17.0 Å². The largest absolute Gasteiger partial charge is 0.460 e. The normalized spacial score (nSPS) is 20.1.